The van der Waals surface area contributed by atoms with Gasteiger partial charge in [-0.25, -0.2) is 17.6 Å². The third kappa shape index (κ3) is 2.94. The van der Waals surface area contributed by atoms with E-state index in [1.54, 1.807) is 6.92 Å². The maximum Gasteiger partial charge on any atom is 0.221 e. The zero-order valence-electron chi connectivity index (χ0n) is 9.47. The van der Waals surface area contributed by atoms with Crippen LogP contribution in [0.2, 0.25) is 0 Å². The lowest BCUT2D eigenvalue weighted by Crippen LogP contribution is -2.27. The van der Waals surface area contributed by atoms with E-state index in [0.717, 1.165) is 0 Å². The number of hydrogen-bond donors (Lipinski definition) is 0. The Labute approximate surface area is 101 Å². The summed E-state index contributed by atoms with van der Waals surface area (Å²) in [5, 5.41) is 0. The van der Waals surface area contributed by atoms with Gasteiger partial charge in [-0.05, 0) is 6.42 Å². The van der Waals surface area contributed by atoms with Gasteiger partial charge in [0.05, 0.1) is 5.56 Å². The van der Waals surface area contributed by atoms with E-state index in [1.165, 1.54) is 0 Å². The number of hydrogen-bond acceptors (Lipinski definition) is 2. The highest BCUT2D eigenvalue weighted by Crippen LogP contribution is 2.18. The van der Waals surface area contributed by atoms with Crippen LogP contribution < -0.4 is 0 Å². The molecule has 0 aromatic heterocycles. The van der Waals surface area contributed by atoms with Crippen LogP contribution in [-0.2, 0) is 4.79 Å². The van der Waals surface area contributed by atoms with Crippen molar-refractivity contribution in [2.45, 2.75) is 25.9 Å². The molecule has 1 aromatic rings. The van der Waals surface area contributed by atoms with Crippen LogP contribution in [-0.4, -0.2) is 17.7 Å². The van der Waals surface area contributed by atoms with Gasteiger partial charge in [-0.15, -0.1) is 0 Å². The maximum absolute atomic E-state index is 13.4. The predicted molar refractivity (Wildman–Crippen MR) is 55.5 cm³/mol. The minimum Gasteiger partial charge on any atom is -0.296 e. The van der Waals surface area contributed by atoms with Gasteiger partial charge in [0.15, 0.2) is 5.78 Å². The molecule has 0 N–H and O–H groups in total. The molecular formula is C12H10F4O2. The largest absolute Gasteiger partial charge is 0.296 e. The molecule has 18 heavy (non-hydrogen) atoms. The Bertz CT molecular complexity index is 462. The van der Waals surface area contributed by atoms with Crippen molar-refractivity contribution in [2.24, 2.45) is 0 Å². The fourth-order valence-corrected chi connectivity index (χ4v) is 1.42. The lowest BCUT2D eigenvalue weighted by Gasteiger charge is -2.08. The molecule has 2 nitrogen and oxygen atoms in total. The summed E-state index contributed by atoms with van der Waals surface area (Å²) in [7, 11) is 0. The zero-order valence-corrected chi connectivity index (χ0v) is 9.47. The molecule has 0 radical (unpaired) electrons. The van der Waals surface area contributed by atoms with Gasteiger partial charge in [-0.2, -0.15) is 0 Å². The van der Waals surface area contributed by atoms with Crippen molar-refractivity contribution >= 4 is 11.6 Å². The number of halogens is 4. The first-order valence-electron chi connectivity index (χ1n) is 5.24. The summed E-state index contributed by atoms with van der Waals surface area (Å²) in [5.74, 6) is -6.94. The Morgan fingerprint density at radius 3 is 2.11 bits per heavy atom. The van der Waals surface area contributed by atoms with Gasteiger partial charge in [0.25, 0.3) is 0 Å². The lowest BCUT2D eigenvalue weighted by molar-refractivity contribution is -0.122. The molecule has 0 aliphatic heterocycles. The lowest BCUT2D eigenvalue weighted by atomic mass is 10.0. The first-order chi connectivity index (χ1) is 8.38. The van der Waals surface area contributed by atoms with Crippen LogP contribution in [0.4, 0.5) is 17.6 Å². The Hall–Kier alpha value is -1.72. The van der Waals surface area contributed by atoms with Gasteiger partial charge >= 0.3 is 0 Å². The molecule has 0 bridgehead atoms. The number of ketones is 2. The van der Waals surface area contributed by atoms with E-state index >= 15 is 0 Å². The molecule has 0 fully saturated rings. The van der Waals surface area contributed by atoms with Crippen LogP contribution in [0, 0.1) is 17.5 Å². The summed E-state index contributed by atoms with van der Waals surface area (Å²) in [6.07, 6.45) is -2.53. The summed E-state index contributed by atoms with van der Waals surface area (Å²) >= 11 is 0. The first-order valence-corrected chi connectivity index (χ1v) is 5.24. The molecule has 0 amide bonds. The molecule has 0 aliphatic rings. The smallest absolute Gasteiger partial charge is 0.221 e. The molecule has 98 valence electrons. The number of alkyl halides is 1. The number of benzene rings is 1. The highest BCUT2D eigenvalue weighted by molar-refractivity contribution is 6.13. The van der Waals surface area contributed by atoms with Crippen LogP contribution in [0.5, 0.6) is 0 Å². The second-order valence-electron chi connectivity index (χ2n) is 3.69. The molecular weight excluding hydrogens is 252 g/mol. The zero-order chi connectivity index (χ0) is 13.9. The summed E-state index contributed by atoms with van der Waals surface area (Å²) < 4.78 is 52.4. The minimum absolute atomic E-state index is 0.211. The van der Waals surface area contributed by atoms with E-state index in [0.29, 0.717) is 6.42 Å². The molecule has 1 rings (SSSR count). The molecule has 0 saturated heterocycles. The van der Waals surface area contributed by atoms with Crippen molar-refractivity contribution < 1.29 is 27.2 Å². The van der Waals surface area contributed by atoms with Crippen molar-refractivity contribution in [3.05, 3.63) is 35.1 Å². The number of rotatable bonds is 5. The first kappa shape index (κ1) is 14.3. The molecule has 0 heterocycles. The monoisotopic (exact) mass is 262 g/mol. The molecule has 6 heteroatoms. The van der Waals surface area contributed by atoms with Crippen LogP contribution in [0.25, 0.3) is 0 Å². The number of carbonyl (C=O) groups is 2. The number of Topliss-reactive ketones (excluding diaryl/α,β-unsaturated/α-hetero) is 2. The fourth-order valence-electron chi connectivity index (χ4n) is 1.42. The third-order valence-electron chi connectivity index (χ3n) is 2.26. The second-order valence-corrected chi connectivity index (χ2v) is 3.69. The molecule has 1 atom stereocenters. The van der Waals surface area contributed by atoms with Crippen molar-refractivity contribution in [2.75, 3.05) is 0 Å². The Morgan fingerprint density at radius 1 is 1.17 bits per heavy atom. The van der Waals surface area contributed by atoms with Crippen molar-refractivity contribution in [1.82, 2.24) is 0 Å². The van der Waals surface area contributed by atoms with Crippen LogP contribution in [0.1, 0.15) is 30.1 Å². The van der Waals surface area contributed by atoms with E-state index in [4.69, 9.17) is 0 Å². The van der Waals surface area contributed by atoms with Crippen molar-refractivity contribution in [1.29, 1.82) is 0 Å². The highest BCUT2D eigenvalue weighted by atomic mass is 19.2. The Morgan fingerprint density at radius 2 is 1.67 bits per heavy atom. The summed E-state index contributed by atoms with van der Waals surface area (Å²) in [5.41, 5.74) is -1.23. The Kier molecular flexibility index (Phi) is 4.58. The molecule has 1 aromatic carbocycles. The van der Waals surface area contributed by atoms with Crippen LogP contribution in [0.15, 0.2) is 12.1 Å². The van der Waals surface area contributed by atoms with E-state index < -0.39 is 40.8 Å². The summed E-state index contributed by atoms with van der Waals surface area (Å²) in [4.78, 5) is 22.5. The normalized spacial score (nSPS) is 12.3. The van der Waals surface area contributed by atoms with Crippen molar-refractivity contribution in [3.63, 3.8) is 0 Å². The SMILES string of the molecule is CCCC(=O)C(F)C(=O)c1c(F)cc(F)cc1F. The highest BCUT2D eigenvalue weighted by Gasteiger charge is 2.31. The maximum atomic E-state index is 13.4. The van der Waals surface area contributed by atoms with Crippen LogP contribution >= 0.6 is 0 Å². The third-order valence-corrected chi connectivity index (χ3v) is 2.26. The van der Waals surface area contributed by atoms with E-state index in [9.17, 15) is 27.2 Å². The van der Waals surface area contributed by atoms with Gasteiger partial charge in [-0.1, -0.05) is 6.92 Å². The standard InChI is InChI=1S/C12H10F4O2/c1-2-3-9(17)11(16)12(18)10-7(14)4-6(13)5-8(10)15/h4-5,11H,2-3H2,1H3. The van der Waals surface area contributed by atoms with Gasteiger partial charge < -0.3 is 0 Å². The van der Waals surface area contributed by atoms with Crippen LogP contribution in [0.3, 0.4) is 0 Å². The van der Waals surface area contributed by atoms with Gasteiger partial charge in [0, 0.05) is 18.6 Å². The van der Waals surface area contributed by atoms with Gasteiger partial charge in [0.2, 0.25) is 12.0 Å². The minimum atomic E-state index is -2.63. The summed E-state index contributed by atoms with van der Waals surface area (Å²) in [6.45, 7) is 1.59. The van der Waals surface area contributed by atoms with E-state index in [2.05, 4.69) is 0 Å². The Balaban J connectivity index is 3.08. The van der Waals surface area contributed by atoms with Gasteiger partial charge in [0.1, 0.15) is 17.5 Å². The van der Waals surface area contributed by atoms with E-state index in [-0.39, 0.29) is 18.6 Å². The average Bonchev–Trinajstić information content (AvgIpc) is 2.26. The quantitative estimate of drug-likeness (QED) is 0.464. The second kappa shape index (κ2) is 5.75. The molecule has 0 aliphatic carbocycles. The molecule has 0 spiro atoms. The van der Waals surface area contributed by atoms with Gasteiger partial charge in [-0.3, -0.25) is 9.59 Å². The van der Waals surface area contributed by atoms with Crippen molar-refractivity contribution in [3.8, 4) is 0 Å². The number of carbonyl (C=O) groups excluding carboxylic acids is 2. The fraction of sp³-hybridized carbons (Fsp3) is 0.333. The van der Waals surface area contributed by atoms with E-state index in [1.807, 2.05) is 0 Å². The average molecular weight is 262 g/mol. The molecule has 1 unspecified atom stereocenters. The molecule has 0 saturated carbocycles. The topological polar surface area (TPSA) is 34.1 Å². The predicted octanol–water partition coefficient (Wildman–Crippen LogP) is 2.99. The summed E-state index contributed by atoms with van der Waals surface area (Å²) in [6, 6.07) is 0.515.